The van der Waals surface area contributed by atoms with Gasteiger partial charge in [-0.15, -0.1) is 11.3 Å². The van der Waals surface area contributed by atoms with Crippen molar-refractivity contribution in [1.82, 2.24) is 4.57 Å². The molecule has 2 nitrogen and oxygen atoms in total. The van der Waals surface area contributed by atoms with E-state index in [2.05, 4.69) is 0 Å². The fourth-order valence-corrected chi connectivity index (χ4v) is 1.67. The third-order valence-corrected chi connectivity index (χ3v) is 2.44. The van der Waals surface area contributed by atoms with Crippen LogP contribution < -0.4 is 5.43 Å². The van der Waals surface area contributed by atoms with E-state index in [0.717, 1.165) is 5.00 Å². The van der Waals surface area contributed by atoms with Crippen molar-refractivity contribution in [2.24, 2.45) is 0 Å². The molecule has 0 aliphatic carbocycles. The van der Waals surface area contributed by atoms with E-state index < -0.39 is 0 Å². The van der Waals surface area contributed by atoms with Gasteiger partial charge in [-0.2, -0.15) is 0 Å². The van der Waals surface area contributed by atoms with E-state index in [1.165, 1.54) is 0 Å². The molecule has 60 valence electrons. The van der Waals surface area contributed by atoms with Crippen LogP contribution in [-0.4, -0.2) is 4.57 Å². The van der Waals surface area contributed by atoms with E-state index in [-0.39, 0.29) is 5.43 Å². The minimum atomic E-state index is 0.0443. The van der Waals surface area contributed by atoms with Crippen molar-refractivity contribution < 1.29 is 0 Å². The molecular weight excluding hydrogens is 170 g/mol. The summed E-state index contributed by atoms with van der Waals surface area (Å²) in [5.74, 6) is 0. The van der Waals surface area contributed by atoms with Gasteiger partial charge in [-0.1, -0.05) is 0 Å². The summed E-state index contributed by atoms with van der Waals surface area (Å²) in [5, 5.41) is 3.13. The summed E-state index contributed by atoms with van der Waals surface area (Å²) in [6.07, 6.45) is 3.54. The number of pyridine rings is 1. The summed E-state index contributed by atoms with van der Waals surface area (Å²) >= 11 is 1.64. The minimum Gasteiger partial charge on any atom is -0.315 e. The predicted octanol–water partition coefficient (Wildman–Crippen LogP) is 1.90. The monoisotopic (exact) mass is 177 g/mol. The van der Waals surface area contributed by atoms with E-state index in [1.807, 2.05) is 22.1 Å². The van der Waals surface area contributed by atoms with Crippen LogP contribution in [0, 0.1) is 0 Å². The second-order valence-corrected chi connectivity index (χ2v) is 3.32. The first kappa shape index (κ1) is 7.31. The Kier molecular flexibility index (Phi) is 1.80. The Morgan fingerprint density at radius 1 is 1.17 bits per heavy atom. The topological polar surface area (TPSA) is 22.0 Å². The van der Waals surface area contributed by atoms with Gasteiger partial charge in [0.1, 0.15) is 0 Å². The van der Waals surface area contributed by atoms with Gasteiger partial charge in [-0.3, -0.25) is 4.79 Å². The van der Waals surface area contributed by atoms with Crippen molar-refractivity contribution in [2.45, 2.75) is 0 Å². The largest absolute Gasteiger partial charge is 0.315 e. The fraction of sp³-hybridized carbons (Fsp3) is 0. The second kappa shape index (κ2) is 2.95. The summed E-state index contributed by atoms with van der Waals surface area (Å²) in [6, 6.07) is 7.10. The average molecular weight is 177 g/mol. The van der Waals surface area contributed by atoms with Gasteiger partial charge in [0.2, 0.25) is 0 Å². The molecule has 12 heavy (non-hydrogen) atoms. The average Bonchev–Trinajstić information content (AvgIpc) is 2.58. The van der Waals surface area contributed by atoms with Crippen LogP contribution in [0.5, 0.6) is 0 Å². The molecule has 0 aromatic carbocycles. The van der Waals surface area contributed by atoms with E-state index >= 15 is 0 Å². The normalized spacial score (nSPS) is 10.0. The zero-order valence-electron chi connectivity index (χ0n) is 6.31. The Balaban J connectivity index is 2.49. The van der Waals surface area contributed by atoms with Crippen molar-refractivity contribution >= 4 is 11.3 Å². The predicted molar refractivity (Wildman–Crippen MR) is 49.9 cm³/mol. The smallest absolute Gasteiger partial charge is 0.181 e. The Hall–Kier alpha value is -1.35. The van der Waals surface area contributed by atoms with E-state index in [0.29, 0.717) is 0 Å². The standard InChI is InChI=1S/C9H7NOS/c11-8-3-5-10(6-4-8)9-2-1-7-12-9/h1-7H. The molecule has 0 unspecified atom stereocenters. The molecule has 0 atom stereocenters. The molecule has 0 radical (unpaired) electrons. The first-order chi connectivity index (χ1) is 5.86. The third-order valence-electron chi connectivity index (χ3n) is 1.56. The van der Waals surface area contributed by atoms with Gasteiger partial charge in [0.25, 0.3) is 0 Å². The lowest BCUT2D eigenvalue weighted by Crippen LogP contribution is -1.99. The SMILES string of the molecule is O=c1ccn(-c2cccs2)cc1. The molecule has 0 N–H and O–H groups in total. The lowest BCUT2D eigenvalue weighted by Gasteiger charge is -1.99. The van der Waals surface area contributed by atoms with E-state index in [9.17, 15) is 4.79 Å². The molecule has 2 rings (SSSR count). The van der Waals surface area contributed by atoms with Crippen LogP contribution >= 0.6 is 11.3 Å². The molecule has 2 aromatic heterocycles. The highest BCUT2D eigenvalue weighted by Gasteiger charge is 1.92. The zero-order valence-corrected chi connectivity index (χ0v) is 7.12. The van der Waals surface area contributed by atoms with Crippen LogP contribution in [0.1, 0.15) is 0 Å². The Bertz CT molecular complexity index is 396. The number of thiophene rings is 1. The lowest BCUT2D eigenvalue weighted by atomic mass is 10.4. The maximum Gasteiger partial charge on any atom is 0.181 e. The first-order valence-corrected chi connectivity index (χ1v) is 4.46. The summed E-state index contributed by atoms with van der Waals surface area (Å²) in [5.41, 5.74) is 0.0443. The van der Waals surface area contributed by atoms with E-state index in [1.54, 1.807) is 35.9 Å². The Morgan fingerprint density at radius 2 is 1.92 bits per heavy atom. The lowest BCUT2D eigenvalue weighted by molar-refractivity contribution is 1.07. The van der Waals surface area contributed by atoms with Gasteiger partial charge >= 0.3 is 0 Å². The summed E-state index contributed by atoms with van der Waals surface area (Å²) in [6.45, 7) is 0. The summed E-state index contributed by atoms with van der Waals surface area (Å²) in [7, 11) is 0. The van der Waals surface area contributed by atoms with Crippen LogP contribution in [0.15, 0.2) is 46.8 Å². The molecule has 0 amide bonds. The summed E-state index contributed by atoms with van der Waals surface area (Å²) in [4.78, 5) is 10.8. The highest BCUT2D eigenvalue weighted by molar-refractivity contribution is 7.12. The molecule has 0 spiro atoms. The molecule has 3 heteroatoms. The van der Waals surface area contributed by atoms with Crippen LogP contribution in [0.4, 0.5) is 0 Å². The van der Waals surface area contributed by atoms with E-state index in [4.69, 9.17) is 0 Å². The van der Waals surface area contributed by atoms with Gasteiger partial charge < -0.3 is 4.57 Å². The molecule has 2 heterocycles. The van der Waals surface area contributed by atoms with Gasteiger partial charge in [-0.25, -0.2) is 0 Å². The second-order valence-electron chi connectivity index (χ2n) is 2.39. The quantitative estimate of drug-likeness (QED) is 0.652. The molecule has 0 aliphatic rings. The van der Waals surface area contributed by atoms with Gasteiger partial charge in [-0.05, 0) is 17.5 Å². The van der Waals surface area contributed by atoms with Gasteiger partial charge in [0.05, 0.1) is 5.00 Å². The van der Waals surface area contributed by atoms with Crippen LogP contribution in [0.25, 0.3) is 5.00 Å². The molecule has 0 aliphatic heterocycles. The van der Waals surface area contributed by atoms with Crippen LogP contribution in [-0.2, 0) is 0 Å². The Labute approximate surface area is 73.7 Å². The molecule has 2 aromatic rings. The Morgan fingerprint density at radius 3 is 2.50 bits per heavy atom. The number of hydrogen-bond donors (Lipinski definition) is 0. The van der Waals surface area contributed by atoms with Crippen molar-refractivity contribution in [3.8, 4) is 5.00 Å². The number of hydrogen-bond acceptors (Lipinski definition) is 2. The van der Waals surface area contributed by atoms with Gasteiger partial charge in [0, 0.05) is 24.5 Å². The highest BCUT2D eigenvalue weighted by atomic mass is 32.1. The van der Waals surface area contributed by atoms with Crippen LogP contribution in [0.3, 0.4) is 0 Å². The highest BCUT2D eigenvalue weighted by Crippen LogP contribution is 2.12. The molecule has 0 saturated heterocycles. The maximum absolute atomic E-state index is 10.8. The molecular formula is C9H7NOS. The molecule has 0 bridgehead atoms. The number of aromatic nitrogens is 1. The fourth-order valence-electron chi connectivity index (χ4n) is 0.977. The summed E-state index contributed by atoms with van der Waals surface area (Å²) < 4.78 is 1.92. The molecule has 0 saturated carbocycles. The van der Waals surface area contributed by atoms with Gasteiger partial charge in [0.15, 0.2) is 5.43 Å². The third kappa shape index (κ3) is 1.31. The zero-order chi connectivity index (χ0) is 8.39. The number of nitrogens with zero attached hydrogens (tertiary/aromatic N) is 1. The number of rotatable bonds is 1. The first-order valence-electron chi connectivity index (χ1n) is 3.58. The molecule has 0 fully saturated rings. The van der Waals surface area contributed by atoms with Crippen LogP contribution in [0.2, 0.25) is 0 Å². The maximum atomic E-state index is 10.8. The van der Waals surface area contributed by atoms with Crippen molar-refractivity contribution in [1.29, 1.82) is 0 Å². The van der Waals surface area contributed by atoms with Crippen molar-refractivity contribution in [3.05, 3.63) is 52.3 Å². The minimum absolute atomic E-state index is 0.0443. The van der Waals surface area contributed by atoms with Crippen molar-refractivity contribution in [2.75, 3.05) is 0 Å². The van der Waals surface area contributed by atoms with Crippen molar-refractivity contribution in [3.63, 3.8) is 0 Å².